The molecule has 0 spiro atoms. The van der Waals surface area contributed by atoms with Crippen molar-refractivity contribution in [3.8, 4) is 0 Å². The molecule has 7 heteroatoms. The average molecular weight is 476 g/mol. The van der Waals surface area contributed by atoms with Gasteiger partial charge in [0.15, 0.2) is 5.96 Å². The zero-order valence-electron chi connectivity index (χ0n) is 15.6. The van der Waals surface area contributed by atoms with Gasteiger partial charge in [0.2, 0.25) is 5.89 Å². The summed E-state index contributed by atoms with van der Waals surface area (Å²) in [6, 6.07) is 4.26. The normalized spacial score (nSPS) is 13.2. The van der Waals surface area contributed by atoms with Crippen LogP contribution >= 0.6 is 35.3 Å². The van der Waals surface area contributed by atoms with Crippen LogP contribution in [-0.4, -0.2) is 24.0 Å². The number of hydrogen-bond donors (Lipinski definition) is 2. The van der Waals surface area contributed by atoms with Gasteiger partial charge in [-0.05, 0) is 18.4 Å². The molecule has 0 aromatic carbocycles. The van der Waals surface area contributed by atoms with Crippen LogP contribution in [0, 0.1) is 0 Å². The smallest absolute Gasteiger partial charge is 0.216 e. The number of halogens is 1. The van der Waals surface area contributed by atoms with Crippen LogP contribution in [0.4, 0.5) is 0 Å². The van der Waals surface area contributed by atoms with E-state index >= 15 is 0 Å². The molecule has 0 saturated carbocycles. The zero-order chi connectivity index (χ0) is 17.6. The molecule has 0 aliphatic carbocycles. The molecule has 1 unspecified atom stereocenters. The van der Waals surface area contributed by atoms with Crippen LogP contribution in [0.5, 0.6) is 0 Å². The van der Waals surface area contributed by atoms with Crippen LogP contribution < -0.4 is 10.6 Å². The molecule has 2 aromatic heterocycles. The molecule has 2 heterocycles. The number of aliphatic imine (C=N–C) groups is 1. The number of thiophene rings is 1. The molecule has 2 N–H and O–H groups in total. The maximum Gasteiger partial charge on any atom is 0.216 e. The van der Waals surface area contributed by atoms with Gasteiger partial charge in [-0.2, -0.15) is 0 Å². The van der Waals surface area contributed by atoms with Crippen LogP contribution in [0.1, 0.15) is 57.1 Å². The van der Waals surface area contributed by atoms with E-state index in [-0.39, 0.29) is 29.4 Å². The second-order valence-corrected chi connectivity index (χ2v) is 7.84. The molecule has 5 nitrogen and oxygen atoms in total. The summed E-state index contributed by atoms with van der Waals surface area (Å²) in [6.07, 6.45) is 1.80. The lowest BCUT2D eigenvalue weighted by molar-refractivity contribution is 0.383. The van der Waals surface area contributed by atoms with Crippen molar-refractivity contribution in [1.82, 2.24) is 15.6 Å². The second-order valence-electron chi connectivity index (χ2n) is 6.86. The predicted octanol–water partition coefficient (Wildman–Crippen LogP) is 4.51. The molecule has 0 radical (unpaired) electrons. The van der Waals surface area contributed by atoms with Crippen molar-refractivity contribution in [2.75, 3.05) is 13.1 Å². The minimum atomic E-state index is -0.0339. The Morgan fingerprint density at radius 3 is 2.68 bits per heavy atom. The highest BCUT2D eigenvalue weighted by Crippen LogP contribution is 2.23. The van der Waals surface area contributed by atoms with Gasteiger partial charge in [-0.25, -0.2) is 9.98 Å². The molecule has 0 amide bonds. The zero-order valence-corrected chi connectivity index (χ0v) is 18.8. The molecular formula is C18H29IN4OS. The van der Waals surface area contributed by atoms with Crippen molar-refractivity contribution in [1.29, 1.82) is 0 Å². The first kappa shape index (κ1) is 22.0. The first-order valence-corrected chi connectivity index (χ1v) is 9.29. The van der Waals surface area contributed by atoms with Crippen molar-refractivity contribution in [2.45, 2.75) is 52.5 Å². The van der Waals surface area contributed by atoms with Crippen molar-refractivity contribution in [3.05, 3.63) is 40.2 Å². The Balaban J connectivity index is 0.00000312. The molecule has 1 atom stereocenters. The summed E-state index contributed by atoms with van der Waals surface area (Å²) < 4.78 is 5.79. The summed E-state index contributed by atoms with van der Waals surface area (Å²) in [7, 11) is 0. The minimum absolute atomic E-state index is 0. The molecule has 0 fully saturated rings. The Bertz CT molecular complexity index is 646. The van der Waals surface area contributed by atoms with Gasteiger partial charge >= 0.3 is 0 Å². The maximum atomic E-state index is 5.79. The van der Waals surface area contributed by atoms with Gasteiger partial charge < -0.3 is 15.1 Å². The number of rotatable bonds is 6. The number of oxazole rings is 1. The number of hydrogen-bond acceptors (Lipinski definition) is 4. The largest absolute Gasteiger partial charge is 0.443 e. The van der Waals surface area contributed by atoms with E-state index < -0.39 is 0 Å². The standard InChI is InChI=1S/C18H28N4OS.HI/c1-6-19-17(21-10-13(2)14-8-7-9-24-14)22-12-16-20-11-15(23-16)18(3,4)5;/h7-9,11,13H,6,10,12H2,1-5H3,(H2,19,21,22);1H. The van der Waals surface area contributed by atoms with Crippen molar-refractivity contribution < 1.29 is 4.42 Å². The van der Waals surface area contributed by atoms with E-state index in [9.17, 15) is 0 Å². The third-order valence-electron chi connectivity index (χ3n) is 3.61. The minimum Gasteiger partial charge on any atom is -0.443 e. The van der Waals surface area contributed by atoms with Gasteiger partial charge in [-0.1, -0.05) is 33.8 Å². The fourth-order valence-electron chi connectivity index (χ4n) is 2.14. The van der Waals surface area contributed by atoms with Crippen molar-refractivity contribution >= 4 is 41.3 Å². The Morgan fingerprint density at radius 1 is 1.36 bits per heavy atom. The molecule has 25 heavy (non-hydrogen) atoms. The van der Waals surface area contributed by atoms with E-state index in [0.29, 0.717) is 18.4 Å². The molecule has 2 rings (SSSR count). The predicted molar refractivity (Wildman–Crippen MR) is 116 cm³/mol. The topological polar surface area (TPSA) is 62.5 Å². The lowest BCUT2D eigenvalue weighted by atomic mass is 9.94. The molecular weight excluding hydrogens is 447 g/mol. The first-order valence-electron chi connectivity index (χ1n) is 8.41. The summed E-state index contributed by atoms with van der Waals surface area (Å²) in [6.45, 7) is 12.7. The lowest BCUT2D eigenvalue weighted by Gasteiger charge is -2.15. The molecule has 140 valence electrons. The van der Waals surface area contributed by atoms with Crippen LogP contribution in [0.2, 0.25) is 0 Å². The van der Waals surface area contributed by atoms with E-state index in [1.54, 1.807) is 17.5 Å². The van der Waals surface area contributed by atoms with Gasteiger partial charge in [-0.15, -0.1) is 35.3 Å². The van der Waals surface area contributed by atoms with Gasteiger partial charge in [0, 0.05) is 29.3 Å². The molecule has 0 aliphatic rings. The van der Waals surface area contributed by atoms with Gasteiger partial charge in [-0.3, -0.25) is 0 Å². The van der Waals surface area contributed by atoms with Crippen LogP contribution in [0.25, 0.3) is 0 Å². The number of aromatic nitrogens is 1. The van der Waals surface area contributed by atoms with E-state index in [4.69, 9.17) is 4.42 Å². The molecule has 0 aliphatic heterocycles. The fourth-order valence-corrected chi connectivity index (χ4v) is 2.93. The molecule has 0 bridgehead atoms. The summed E-state index contributed by atoms with van der Waals surface area (Å²) in [4.78, 5) is 10.3. The Labute approximate surface area is 171 Å². The van der Waals surface area contributed by atoms with Crippen LogP contribution in [-0.2, 0) is 12.0 Å². The Hall–Kier alpha value is -1.09. The van der Waals surface area contributed by atoms with E-state index in [1.807, 2.05) is 0 Å². The van der Waals surface area contributed by atoms with E-state index in [2.05, 4.69) is 72.7 Å². The quantitative estimate of drug-likeness (QED) is 0.366. The van der Waals surface area contributed by atoms with E-state index in [1.165, 1.54) is 4.88 Å². The third kappa shape index (κ3) is 6.97. The highest BCUT2D eigenvalue weighted by molar-refractivity contribution is 14.0. The summed E-state index contributed by atoms with van der Waals surface area (Å²) >= 11 is 1.79. The Morgan fingerprint density at radius 2 is 2.12 bits per heavy atom. The average Bonchev–Trinajstić information content (AvgIpc) is 3.20. The van der Waals surface area contributed by atoms with Crippen LogP contribution in [0.3, 0.4) is 0 Å². The van der Waals surface area contributed by atoms with E-state index in [0.717, 1.165) is 24.8 Å². The first-order chi connectivity index (χ1) is 11.4. The highest BCUT2D eigenvalue weighted by Gasteiger charge is 2.19. The summed E-state index contributed by atoms with van der Waals surface area (Å²) in [5.74, 6) is 2.76. The maximum absolute atomic E-state index is 5.79. The van der Waals surface area contributed by atoms with Crippen molar-refractivity contribution in [2.24, 2.45) is 4.99 Å². The Kier molecular flexibility index (Phi) is 8.92. The number of nitrogens with zero attached hydrogens (tertiary/aromatic N) is 2. The van der Waals surface area contributed by atoms with Gasteiger partial charge in [0.25, 0.3) is 0 Å². The molecule has 0 saturated heterocycles. The lowest BCUT2D eigenvalue weighted by Crippen LogP contribution is -2.39. The summed E-state index contributed by atoms with van der Waals surface area (Å²) in [5.41, 5.74) is -0.0339. The van der Waals surface area contributed by atoms with Gasteiger partial charge in [0.05, 0.1) is 6.20 Å². The van der Waals surface area contributed by atoms with Crippen LogP contribution in [0.15, 0.2) is 33.1 Å². The van der Waals surface area contributed by atoms with Gasteiger partial charge in [0.1, 0.15) is 12.3 Å². The highest BCUT2D eigenvalue weighted by atomic mass is 127. The summed E-state index contributed by atoms with van der Waals surface area (Å²) in [5, 5.41) is 8.77. The second kappa shape index (κ2) is 10.2. The molecule has 2 aromatic rings. The van der Waals surface area contributed by atoms with Crippen molar-refractivity contribution in [3.63, 3.8) is 0 Å². The fraction of sp³-hybridized carbons (Fsp3) is 0.556. The number of guanidine groups is 1. The third-order valence-corrected chi connectivity index (χ3v) is 4.72. The number of nitrogens with one attached hydrogen (secondary N) is 2. The SMILES string of the molecule is CCNC(=NCc1ncc(C(C)(C)C)o1)NCC(C)c1cccs1.I. The monoisotopic (exact) mass is 476 g/mol.